The lowest BCUT2D eigenvalue weighted by atomic mass is 10.1. The minimum Gasteiger partial charge on any atom is -0.504 e. The second kappa shape index (κ2) is 9.55. The Labute approximate surface area is 167 Å². The maximum Gasteiger partial charge on any atom is 0.250 e. The van der Waals surface area contributed by atoms with E-state index in [-0.39, 0.29) is 22.3 Å². The van der Waals surface area contributed by atoms with Crippen LogP contribution < -0.4 is 4.72 Å². The Morgan fingerprint density at radius 2 is 1.89 bits per heavy atom. The van der Waals surface area contributed by atoms with Gasteiger partial charge in [-0.3, -0.25) is 0 Å². The van der Waals surface area contributed by atoms with E-state index in [1.54, 1.807) is 6.07 Å². The average Bonchev–Trinajstić information content (AvgIpc) is 2.64. The van der Waals surface area contributed by atoms with Crippen LogP contribution in [0.3, 0.4) is 0 Å². The highest BCUT2D eigenvalue weighted by Gasteiger charge is 2.17. The number of allylic oxidation sites excluding steroid dienone is 1. The zero-order valence-electron chi connectivity index (χ0n) is 14.4. The summed E-state index contributed by atoms with van der Waals surface area (Å²) in [6.07, 6.45) is 3.44. The summed E-state index contributed by atoms with van der Waals surface area (Å²) in [5.74, 6) is -0.774. The first kappa shape index (κ1) is 21.0. The number of aromatic hydroxyl groups is 2. The highest BCUT2D eigenvalue weighted by atomic mass is 79.9. The van der Waals surface area contributed by atoms with Crippen LogP contribution in [0.4, 0.5) is 0 Å². The van der Waals surface area contributed by atoms with Crippen molar-refractivity contribution in [3.05, 3.63) is 63.0 Å². The third kappa shape index (κ3) is 6.10. The van der Waals surface area contributed by atoms with Gasteiger partial charge in [-0.1, -0.05) is 30.3 Å². The summed E-state index contributed by atoms with van der Waals surface area (Å²) in [4.78, 5) is -0.470. The molecule has 2 aromatic rings. The van der Waals surface area contributed by atoms with Crippen molar-refractivity contribution in [2.24, 2.45) is 0 Å². The Hall–Kier alpha value is -2.34. The van der Waals surface area contributed by atoms with Gasteiger partial charge in [0.1, 0.15) is 6.07 Å². The minimum absolute atomic E-state index is 0.192. The first-order valence-electron chi connectivity index (χ1n) is 8.20. The molecule has 0 aliphatic heterocycles. The molecule has 0 atom stereocenters. The van der Waals surface area contributed by atoms with Gasteiger partial charge in [0.15, 0.2) is 16.4 Å². The zero-order chi connectivity index (χ0) is 19.9. The number of phenolic OH excluding ortho intramolecular Hbond substituents is 2. The molecular weight excluding hydrogens is 432 g/mol. The van der Waals surface area contributed by atoms with Gasteiger partial charge in [-0.15, -0.1) is 0 Å². The fraction of sp³-hybridized carbons (Fsp3) is 0.211. The topological polar surface area (TPSA) is 110 Å². The smallest absolute Gasteiger partial charge is 0.250 e. The van der Waals surface area contributed by atoms with E-state index in [0.29, 0.717) is 6.42 Å². The predicted molar refractivity (Wildman–Crippen MR) is 107 cm³/mol. The molecule has 142 valence electrons. The zero-order valence-corrected chi connectivity index (χ0v) is 16.8. The minimum atomic E-state index is -3.96. The molecule has 0 amide bonds. The molecule has 0 unspecified atom stereocenters. The molecule has 0 saturated carbocycles. The summed E-state index contributed by atoms with van der Waals surface area (Å²) in [5, 5.41) is 28.3. The van der Waals surface area contributed by atoms with Crippen LogP contribution in [-0.2, 0) is 16.4 Å². The van der Waals surface area contributed by atoms with Crippen molar-refractivity contribution in [3.63, 3.8) is 0 Å². The van der Waals surface area contributed by atoms with Crippen molar-refractivity contribution in [2.75, 3.05) is 6.54 Å². The van der Waals surface area contributed by atoms with Gasteiger partial charge in [-0.05, 0) is 64.5 Å². The van der Waals surface area contributed by atoms with E-state index in [0.717, 1.165) is 18.9 Å². The van der Waals surface area contributed by atoms with Gasteiger partial charge in [0, 0.05) is 6.54 Å². The molecule has 0 aliphatic carbocycles. The standard InChI is InChI=1S/C19H19BrN2O4S/c20-17-11-15(12-18(23)19(17)24)10-16(13-21)27(25,26)22-9-5-4-8-14-6-2-1-3-7-14/h1-3,6-7,10-12,22-24H,4-5,8-9H2. The predicted octanol–water partition coefficient (Wildman–Crippen LogP) is 3.67. The van der Waals surface area contributed by atoms with Crippen LogP contribution in [0.5, 0.6) is 11.5 Å². The van der Waals surface area contributed by atoms with Crippen LogP contribution in [0, 0.1) is 11.3 Å². The fourth-order valence-corrected chi connectivity index (χ4v) is 3.84. The van der Waals surface area contributed by atoms with Crippen molar-refractivity contribution in [2.45, 2.75) is 19.3 Å². The molecule has 8 heteroatoms. The van der Waals surface area contributed by atoms with E-state index < -0.39 is 20.7 Å². The second-order valence-electron chi connectivity index (χ2n) is 5.83. The van der Waals surface area contributed by atoms with Gasteiger partial charge in [-0.25, -0.2) is 13.1 Å². The van der Waals surface area contributed by atoms with Crippen LogP contribution in [0.2, 0.25) is 0 Å². The Morgan fingerprint density at radius 3 is 2.52 bits per heavy atom. The molecular formula is C19H19BrN2O4S. The van der Waals surface area contributed by atoms with E-state index >= 15 is 0 Å². The summed E-state index contributed by atoms with van der Waals surface area (Å²) >= 11 is 3.05. The highest BCUT2D eigenvalue weighted by molar-refractivity contribution is 9.10. The molecule has 27 heavy (non-hydrogen) atoms. The van der Waals surface area contributed by atoms with Crippen molar-refractivity contribution in [3.8, 4) is 17.6 Å². The Morgan fingerprint density at radius 1 is 1.19 bits per heavy atom. The third-order valence-corrected chi connectivity index (χ3v) is 5.77. The third-order valence-electron chi connectivity index (χ3n) is 3.79. The van der Waals surface area contributed by atoms with Gasteiger partial charge in [-0.2, -0.15) is 5.26 Å². The van der Waals surface area contributed by atoms with Crippen LogP contribution in [0.1, 0.15) is 24.0 Å². The van der Waals surface area contributed by atoms with Crippen LogP contribution >= 0.6 is 15.9 Å². The second-order valence-corrected chi connectivity index (χ2v) is 8.42. The number of nitriles is 1. The molecule has 0 fully saturated rings. The van der Waals surface area contributed by atoms with Gasteiger partial charge >= 0.3 is 0 Å². The number of nitrogens with zero attached hydrogens (tertiary/aromatic N) is 1. The summed E-state index contributed by atoms with van der Waals surface area (Å²) in [6.45, 7) is 0.221. The maximum atomic E-state index is 12.3. The normalized spacial score (nSPS) is 11.9. The quantitative estimate of drug-likeness (QED) is 0.322. The Balaban J connectivity index is 1.98. The van der Waals surface area contributed by atoms with Crippen molar-refractivity contribution >= 4 is 32.0 Å². The molecule has 0 saturated heterocycles. The number of aryl methyl sites for hydroxylation is 1. The van der Waals surface area contributed by atoms with Crippen LogP contribution in [-0.4, -0.2) is 25.2 Å². The number of sulfonamides is 1. The maximum absolute atomic E-state index is 12.3. The monoisotopic (exact) mass is 450 g/mol. The Kier molecular flexibility index (Phi) is 7.42. The van der Waals surface area contributed by atoms with E-state index in [2.05, 4.69) is 20.7 Å². The number of benzene rings is 2. The van der Waals surface area contributed by atoms with Gasteiger partial charge in [0.05, 0.1) is 4.47 Å². The van der Waals surface area contributed by atoms with E-state index in [4.69, 9.17) is 0 Å². The van der Waals surface area contributed by atoms with Crippen LogP contribution in [0.15, 0.2) is 51.8 Å². The lowest BCUT2D eigenvalue weighted by Gasteiger charge is -2.07. The number of phenols is 2. The lowest BCUT2D eigenvalue weighted by molar-refractivity contribution is 0.401. The van der Waals surface area contributed by atoms with E-state index in [9.17, 15) is 23.9 Å². The number of unbranched alkanes of at least 4 members (excludes halogenated alkanes) is 1. The van der Waals surface area contributed by atoms with Crippen LogP contribution in [0.25, 0.3) is 6.08 Å². The first-order valence-corrected chi connectivity index (χ1v) is 10.5. The van der Waals surface area contributed by atoms with Crippen molar-refractivity contribution in [1.29, 1.82) is 5.26 Å². The summed E-state index contributed by atoms with van der Waals surface area (Å²) in [5.41, 5.74) is 1.46. The molecule has 0 heterocycles. The number of hydrogen-bond donors (Lipinski definition) is 3. The lowest BCUT2D eigenvalue weighted by Crippen LogP contribution is -2.25. The number of hydrogen-bond acceptors (Lipinski definition) is 5. The van der Waals surface area contributed by atoms with Gasteiger partial charge in [0.25, 0.3) is 10.0 Å². The highest BCUT2D eigenvalue weighted by Crippen LogP contribution is 2.35. The number of halogens is 1. The Bertz CT molecular complexity index is 944. The first-order chi connectivity index (χ1) is 12.8. The number of nitrogens with one attached hydrogen (secondary N) is 1. The fourth-order valence-electron chi connectivity index (χ4n) is 2.39. The number of rotatable bonds is 8. The van der Waals surface area contributed by atoms with Gasteiger partial charge < -0.3 is 10.2 Å². The molecule has 6 nitrogen and oxygen atoms in total. The molecule has 0 spiro atoms. The molecule has 0 aromatic heterocycles. The summed E-state index contributed by atoms with van der Waals surface area (Å²) < 4.78 is 27.2. The average molecular weight is 451 g/mol. The largest absolute Gasteiger partial charge is 0.504 e. The van der Waals surface area contributed by atoms with Gasteiger partial charge in [0.2, 0.25) is 0 Å². The van der Waals surface area contributed by atoms with E-state index in [1.807, 2.05) is 30.3 Å². The summed E-state index contributed by atoms with van der Waals surface area (Å²) in [6, 6.07) is 14.1. The van der Waals surface area contributed by atoms with Crippen molar-refractivity contribution in [1.82, 2.24) is 4.72 Å². The molecule has 2 aromatic carbocycles. The molecule has 0 bridgehead atoms. The molecule has 0 radical (unpaired) electrons. The molecule has 2 rings (SSSR count). The SMILES string of the molecule is N#CC(=Cc1cc(O)c(O)c(Br)c1)S(=O)(=O)NCCCCc1ccccc1. The molecule has 3 N–H and O–H groups in total. The molecule has 0 aliphatic rings. The van der Waals surface area contributed by atoms with Crippen molar-refractivity contribution < 1.29 is 18.6 Å². The summed E-state index contributed by atoms with van der Waals surface area (Å²) in [7, 11) is -3.96. The van der Waals surface area contributed by atoms with E-state index in [1.165, 1.54) is 17.7 Å².